The van der Waals surface area contributed by atoms with Crippen LogP contribution in [0.2, 0.25) is 0 Å². The van der Waals surface area contributed by atoms with Crippen LogP contribution in [-0.4, -0.2) is 23.0 Å². The van der Waals surface area contributed by atoms with Crippen molar-refractivity contribution in [1.82, 2.24) is 5.16 Å². The van der Waals surface area contributed by atoms with E-state index in [-0.39, 0.29) is 6.61 Å². The second-order valence-electron chi connectivity index (χ2n) is 2.02. The molecule has 1 rings (SSSR count). The standard InChI is InChI=1S/C6H9NO3/c1-5(8)3-9-6-2-7-10-4-6/h2,4-5,8H,3H2,1H3. The van der Waals surface area contributed by atoms with Gasteiger partial charge in [0.05, 0.1) is 6.10 Å². The molecule has 0 spiro atoms. The fourth-order valence-electron chi connectivity index (χ4n) is 0.483. The van der Waals surface area contributed by atoms with Gasteiger partial charge >= 0.3 is 0 Å². The highest BCUT2D eigenvalue weighted by molar-refractivity contribution is 5.07. The molecule has 0 radical (unpaired) electrons. The van der Waals surface area contributed by atoms with Crippen LogP contribution in [0, 0.1) is 0 Å². The molecule has 56 valence electrons. The molecule has 1 aromatic heterocycles. The van der Waals surface area contributed by atoms with Gasteiger partial charge in [-0.1, -0.05) is 5.16 Å². The van der Waals surface area contributed by atoms with Crippen LogP contribution >= 0.6 is 0 Å². The number of rotatable bonds is 3. The first-order valence-corrected chi connectivity index (χ1v) is 2.99. The van der Waals surface area contributed by atoms with Gasteiger partial charge in [0.15, 0.2) is 12.0 Å². The number of aromatic nitrogens is 1. The van der Waals surface area contributed by atoms with Gasteiger partial charge in [-0.05, 0) is 6.92 Å². The lowest BCUT2D eigenvalue weighted by molar-refractivity contribution is 0.122. The summed E-state index contributed by atoms with van der Waals surface area (Å²) in [6.45, 7) is 1.91. The van der Waals surface area contributed by atoms with Crippen LogP contribution in [0.25, 0.3) is 0 Å². The molecule has 0 fully saturated rings. The zero-order valence-electron chi connectivity index (χ0n) is 5.65. The summed E-state index contributed by atoms with van der Waals surface area (Å²) in [5.74, 6) is 0.543. The predicted molar refractivity (Wildman–Crippen MR) is 33.7 cm³/mol. The third-order valence-electron chi connectivity index (χ3n) is 0.901. The second-order valence-corrected chi connectivity index (χ2v) is 2.02. The average Bonchev–Trinajstić information content (AvgIpc) is 2.34. The third kappa shape index (κ3) is 2.06. The normalized spacial score (nSPS) is 13.0. The summed E-state index contributed by atoms with van der Waals surface area (Å²) < 4.78 is 9.49. The van der Waals surface area contributed by atoms with E-state index in [0.717, 1.165) is 0 Å². The monoisotopic (exact) mass is 143 g/mol. The van der Waals surface area contributed by atoms with E-state index in [1.165, 1.54) is 12.5 Å². The van der Waals surface area contributed by atoms with Crippen LogP contribution < -0.4 is 4.74 Å². The van der Waals surface area contributed by atoms with Crippen LogP contribution in [0.3, 0.4) is 0 Å². The van der Waals surface area contributed by atoms with Crippen molar-refractivity contribution >= 4 is 0 Å². The van der Waals surface area contributed by atoms with E-state index in [9.17, 15) is 0 Å². The van der Waals surface area contributed by atoms with Gasteiger partial charge in [-0.2, -0.15) is 0 Å². The Morgan fingerprint density at radius 2 is 2.70 bits per heavy atom. The SMILES string of the molecule is CC(O)COc1cnoc1. The van der Waals surface area contributed by atoms with Crippen molar-refractivity contribution in [2.24, 2.45) is 0 Å². The largest absolute Gasteiger partial charge is 0.486 e. The van der Waals surface area contributed by atoms with Crippen molar-refractivity contribution in [2.75, 3.05) is 6.61 Å². The molecule has 0 aliphatic carbocycles. The molecule has 1 unspecified atom stereocenters. The van der Waals surface area contributed by atoms with Crippen molar-refractivity contribution in [3.8, 4) is 5.75 Å². The number of hydrogen-bond acceptors (Lipinski definition) is 4. The summed E-state index contributed by atoms with van der Waals surface area (Å²) in [6, 6.07) is 0. The summed E-state index contributed by atoms with van der Waals surface area (Å²) in [5, 5.41) is 12.2. The molecule has 1 heterocycles. The van der Waals surface area contributed by atoms with E-state index in [1.807, 2.05) is 0 Å². The molecule has 0 aliphatic rings. The fourth-order valence-corrected chi connectivity index (χ4v) is 0.483. The van der Waals surface area contributed by atoms with Gasteiger partial charge in [-0.15, -0.1) is 0 Å². The van der Waals surface area contributed by atoms with E-state index in [0.29, 0.717) is 5.75 Å². The van der Waals surface area contributed by atoms with E-state index in [1.54, 1.807) is 6.92 Å². The lowest BCUT2D eigenvalue weighted by Gasteiger charge is -2.03. The van der Waals surface area contributed by atoms with Crippen LogP contribution in [0.4, 0.5) is 0 Å². The molecule has 0 saturated carbocycles. The highest BCUT2D eigenvalue weighted by Gasteiger charge is 1.98. The van der Waals surface area contributed by atoms with Gasteiger partial charge in [0.1, 0.15) is 12.8 Å². The maximum absolute atomic E-state index is 8.78. The third-order valence-corrected chi connectivity index (χ3v) is 0.901. The molecular formula is C6H9NO3. The molecule has 4 nitrogen and oxygen atoms in total. The van der Waals surface area contributed by atoms with Gasteiger partial charge in [0, 0.05) is 0 Å². The van der Waals surface area contributed by atoms with Gasteiger partial charge in [-0.3, -0.25) is 0 Å². The maximum Gasteiger partial charge on any atom is 0.178 e. The molecular weight excluding hydrogens is 134 g/mol. The van der Waals surface area contributed by atoms with Crippen LogP contribution in [-0.2, 0) is 0 Å². The van der Waals surface area contributed by atoms with E-state index >= 15 is 0 Å². The Balaban J connectivity index is 2.28. The number of nitrogens with zero attached hydrogens (tertiary/aromatic N) is 1. The topological polar surface area (TPSA) is 55.5 Å². The number of hydrogen-bond donors (Lipinski definition) is 1. The van der Waals surface area contributed by atoms with Crippen LogP contribution in [0.5, 0.6) is 5.75 Å². The first-order valence-electron chi connectivity index (χ1n) is 2.99. The highest BCUT2D eigenvalue weighted by atomic mass is 16.5. The van der Waals surface area contributed by atoms with Crippen molar-refractivity contribution in [1.29, 1.82) is 0 Å². The van der Waals surface area contributed by atoms with E-state index < -0.39 is 6.10 Å². The molecule has 0 saturated heterocycles. The maximum atomic E-state index is 8.78. The summed E-state index contributed by atoms with van der Waals surface area (Å²) >= 11 is 0. The zero-order chi connectivity index (χ0) is 7.40. The van der Waals surface area contributed by atoms with Crippen molar-refractivity contribution in [2.45, 2.75) is 13.0 Å². The molecule has 1 N–H and O–H groups in total. The first kappa shape index (κ1) is 7.08. The predicted octanol–water partition coefficient (Wildman–Crippen LogP) is 0.434. The molecule has 0 amide bonds. The van der Waals surface area contributed by atoms with E-state index in [2.05, 4.69) is 9.68 Å². The number of ether oxygens (including phenoxy) is 1. The highest BCUT2D eigenvalue weighted by Crippen LogP contribution is 2.06. The van der Waals surface area contributed by atoms with Gasteiger partial charge in [0.2, 0.25) is 0 Å². The Labute approximate surface area is 58.4 Å². The average molecular weight is 143 g/mol. The summed E-state index contributed by atoms with van der Waals surface area (Å²) in [6.07, 6.45) is 2.36. The Morgan fingerprint density at radius 3 is 3.20 bits per heavy atom. The van der Waals surface area contributed by atoms with Crippen molar-refractivity contribution in [3.63, 3.8) is 0 Å². The molecule has 0 aliphatic heterocycles. The van der Waals surface area contributed by atoms with E-state index in [4.69, 9.17) is 9.84 Å². The minimum Gasteiger partial charge on any atom is -0.486 e. The summed E-state index contributed by atoms with van der Waals surface area (Å²) in [4.78, 5) is 0. The quantitative estimate of drug-likeness (QED) is 0.666. The molecule has 10 heavy (non-hydrogen) atoms. The second kappa shape index (κ2) is 3.22. The fraction of sp³-hybridized carbons (Fsp3) is 0.500. The molecule has 1 atom stereocenters. The lowest BCUT2D eigenvalue weighted by atomic mass is 10.4. The van der Waals surface area contributed by atoms with Crippen LogP contribution in [0.1, 0.15) is 6.92 Å². The molecule has 0 aromatic carbocycles. The van der Waals surface area contributed by atoms with Gasteiger partial charge in [0.25, 0.3) is 0 Å². The summed E-state index contributed by atoms with van der Waals surface area (Å²) in [5.41, 5.74) is 0. The summed E-state index contributed by atoms with van der Waals surface area (Å²) in [7, 11) is 0. The molecule has 4 heteroatoms. The Hall–Kier alpha value is -1.03. The van der Waals surface area contributed by atoms with Gasteiger partial charge in [-0.25, -0.2) is 0 Å². The Kier molecular flexibility index (Phi) is 2.28. The van der Waals surface area contributed by atoms with Crippen molar-refractivity contribution in [3.05, 3.63) is 12.5 Å². The Morgan fingerprint density at radius 1 is 1.90 bits per heavy atom. The Bertz CT molecular complexity index is 171. The number of aliphatic hydroxyl groups is 1. The first-order chi connectivity index (χ1) is 4.79. The number of aliphatic hydroxyl groups excluding tert-OH is 1. The van der Waals surface area contributed by atoms with Crippen LogP contribution in [0.15, 0.2) is 17.0 Å². The van der Waals surface area contributed by atoms with Crippen molar-refractivity contribution < 1.29 is 14.4 Å². The minimum absolute atomic E-state index is 0.265. The molecule has 0 bridgehead atoms. The zero-order valence-corrected chi connectivity index (χ0v) is 5.65. The minimum atomic E-state index is -0.463. The van der Waals surface area contributed by atoms with Gasteiger partial charge < -0.3 is 14.4 Å². The smallest absolute Gasteiger partial charge is 0.178 e. The lowest BCUT2D eigenvalue weighted by Crippen LogP contribution is -2.12. The molecule has 1 aromatic rings.